The summed E-state index contributed by atoms with van der Waals surface area (Å²) in [7, 11) is 1.33. The summed E-state index contributed by atoms with van der Waals surface area (Å²) in [5.74, 6) is 0.435. The highest BCUT2D eigenvalue weighted by molar-refractivity contribution is 5.90. The molecule has 150 valence electrons. The van der Waals surface area contributed by atoms with Crippen LogP contribution in [0.3, 0.4) is 0 Å². The number of urea groups is 1. The number of ether oxygens (including phenoxy) is 2. The number of methoxy groups -OCH3 is 1. The monoisotopic (exact) mass is 394 g/mol. The van der Waals surface area contributed by atoms with Crippen molar-refractivity contribution in [2.75, 3.05) is 19.0 Å². The molecule has 2 aromatic carbocycles. The molecule has 1 aliphatic rings. The number of carbonyl (C=O) groups excluding carboxylic acids is 1. The molecule has 0 saturated heterocycles. The van der Waals surface area contributed by atoms with Crippen LogP contribution in [0, 0.1) is 5.92 Å². The third-order valence-electron chi connectivity index (χ3n) is 4.35. The molecule has 28 heavy (non-hydrogen) atoms. The van der Waals surface area contributed by atoms with Crippen LogP contribution >= 0.6 is 0 Å². The molecule has 0 bridgehead atoms. The van der Waals surface area contributed by atoms with Gasteiger partial charge in [0.15, 0.2) is 18.1 Å². The molecule has 1 unspecified atom stereocenters. The van der Waals surface area contributed by atoms with Crippen molar-refractivity contribution in [3.63, 3.8) is 0 Å². The van der Waals surface area contributed by atoms with E-state index >= 15 is 0 Å². The maximum Gasteiger partial charge on any atom is 0.422 e. The van der Waals surface area contributed by atoms with Gasteiger partial charge in [0.1, 0.15) is 0 Å². The van der Waals surface area contributed by atoms with Gasteiger partial charge in [-0.15, -0.1) is 0 Å². The van der Waals surface area contributed by atoms with Crippen LogP contribution in [0.2, 0.25) is 0 Å². The minimum Gasteiger partial charge on any atom is -0.493 e. The van der Waals surface area contributed by atoms with E-state index in [1.54, 1.807) is 0 Å². The van der Waals surface area contributed by atoms with E-state index in [9.17, 15) is 18.0 Å². The molecule has 0 heterocycles. The SMILES string of the molecule is COc1ccc(NC(=O)NC(c2ccccc2)C2CC2)cc1OCC(F)(F)F. The largest absolute Gasteiger partial charge is 0.493 e. The van der Waals surface area contributed by atoms with Crippen LogP contribution in [-0.2, 0) is 0 Å². The van der Waals surface area contributed by atoms with Crippen molar-refractivity contribution in [3.8, 4) is 11.5 Å². The van der Waals surface area contributed by atoms with Gasteiger partial charge in [0.25, 0.3) is 0 Å². The van der Waals surface area contributed by atoms with Gasteiger partial charge in [-0.25, -0.2) is 4.79 Å². The molecule has 3 rings (SSSR count). The lowest BCUT2D eigenvalue weighted by atomic mass is 10.0. The molecule has 2 N–H and O–H groups in total. The molecule has 1 saturated carbocycles. The van der Waals surface area contributed by atoms with E-state index in [1.165, 1.54) is 25.3 Å². The average molecular weight is 394 g/mol. The highest BCUT2D eigenvalue weighted by atomic mass is 19.4. The van der Waals surface area contributed by atoms with E-state index in [0.29, 0.717) is 11.6 Å². The fourth-order valence-corrected chi connectivity index (χ4v) is 2.90. The average Bonchev–Trinajstić information content (AvgIpc) is 3.50. The van der Waals surface area contributed by atoms with Crippen LogP contribution < -0.4 is 20.1 Å². The Bertz CT molecular complexity index is 808. The number of benzene rings is 2. The molecule has 2 amide bonds. The minimum absolute atomic E-state index is 0.0978. The Labute approximate surface area is 160 Å². The first-order chi connectivity index (χ1) is 13.4. The summed E-state index contributed by atoms with van der Waals surface area (Å²) >= 11 is 0. The third kappa shape index (κ3) is 5.55. The Morgan fingerprint density at radius 3 is 2.46 bits per heavy atom. The van der Waals surface area contributed by atoms with Gasteiger partial charge in [-0.3, -0.25) is 0 Å². The number of amides is 2. The molecule has 8 heteroatoms. The number of hydrogen-bond donors (Lipinski definition) is 2. The lowest BCUT2D eigenvalue weighted by Crippen LogP contribution is -2.33. The van der Waals surface area contributed by atoms with Crippen LogP contribution in [0.5, 0.6) is 11.5 Å². The van der Waals surface area contributed by atoms with Crippen LogP contribution in [0.1, 0.15) is 24.4 Å². The second-order valence-electron chi connectivity index (χ2n) is 6.59. The Balaban J connectivity index is 1.67. The number of rotatable bonds is 7. The Kier molecular flexibility index (Phi) is 5.96. The Morgan fingerprint density at radius 2 is 1.86 bits per heavy atom. The summed E-state index contributed by atoms with van der Waals surface area (Å²) in [5, 5.41) is 5.59. The fraction of sp³-hybridized carbons (Fsp3) is 0.350. The highest BCUT2D eigenvalue weighted by Gasteiger charge is 2.33. The maximum atomic E-state index is 12.4. The molecule has 0 aromatic heterocycles. The standard InChI is InChI=1S/C20H21F3N2O3/c1-27-16-10-9-15(11-17(16)28-12-20(21,22)23)24-19(26)25-18(14-7-8-14)13-5-3-2-4-6-13/h2-6,9-11,14,18H,7-8,12H2,1H3,(H2,24,25,26). The Hall–Kier alpha value is -2.90. The number of hydrogen-bond acceptors (Lipinski definition) is 3. The molecular formula is C20H21F3N2O3. The van der Waals surface area contributed by atoms with Gasteiger partial charge in [0.2, 0.25) is 0 Å². The normalized spacial score (nSPS) is 14.9. The highest BCUT2D eigenvalue weighted by Crippen LogP contribution is 2.41. The summed E-state index contributed by atoms with van der Waals surface area (Å²) < 4.78 is 47.1. The van der Waals surface area contributed by atoms with E-state index in [-0.39, 0.29) is 17.5 Å². The minimum atomic E-state index is -4.47. The summed E-state index contributed by atoms with van der Waals surface area (Å²) in [6.45, 7) is -1.45. The van der Waals surface area contributed by atoms with Gasteiger partial charge in [-0.05, 0) is 36.5 Å². The van der Waals surface area contributed by atoms with Crippen molar-refractivity contribution >= 4 is 11.7 Å². The molecule has 1 aliphatic carbocycles. The number of carbonyl (C=O) groups is 1. The fourth-order valence-electron chi connectivity index (χ4n) is 2.90. The zero-order chi connectivity index (χ0) is 20.1. The molecule has 1 fully saturated rings. The molecule has 1 atom stereocenters. The molecule has 0 aliphatic heterocycles. The van der Waals surface area contributed by atoms with E-state index in [2.05, 4.69) is 10.6 Å². The first kappa shape index (κ1) is 19.9. The van der Waals surface area contributed by atoms with Gasteiger partial charge in [-0.1, -0.05) is 30.3 Å². The van der Waals surface area contributed by atoms with Gasteiger partial charge < -0.3 is 20.1 Å². The predicted octanol–water partition coefficient (Wildman–Crippen LogP) is 4.91. The number of nitrogens with one attached hydrogen (secondary N) is 2. The van der Waals surface area contributed by atoms with Gasteiger partial charge >= 0.3 is 12.2 Å². The first-order valence-corrected chi connectivity index (χ1v) is 8.86. The van der Waals surface area contributed by atoms with Crippen molar-refractivity contribution in [2.45, 2.75) is 25.1 Å². The quantitative estimate of drug-likeness (QED) is 0.702. The Morgan fingerprint density at radius 1 is 1.14 bits per heavy atom. The zero-order valence-electron chi connectivity index (χ0n) is 15.3. The number of anilines is 1. The third-order valence-corrected chi connectivity index (χ3v) is 4.35. The molecule has 2 aromatic rings. The van der Waals surface area contributed by atoms with Crippen molar-refractivity contribution < 1.29 is 27.4 Å². The number of alkyl halides is 3. The summed E-state index contributed by atoms with van der Waals surface area (Å²) in [4.78, 5) is 12.4. The van der Waals surface area contributed by atoms with Crippen LogP contribution in [-0.4, -0.2) is 25.9 Å². The van der Waals surface area contributed by atoms with Gasteiger partial charge in [0, 0.05) is 11.8 Å². The summed E-state index contributed by atoms with van der Waals surface area (Å²) in [6, 6.07) is 13.4. The van der Waals surface area contributed by atoms with Crippen LogP contribution in [0.4, 0.5) is 23.7 Å². The number of halogens is 3. The second kappa shape index (κ2) is 8.41. The second-order valence-corrected chi connectivity index (χ2v) is 6.59. The van der Waals surface area contributed by atoms with E-state index in [0.717, 1.165) is 18.4 Å². The first-order valence-electron chi connectivity index (χ1n) is 8.86. The summed E-state index contributed by atoms with van der Waals surface area (Å²) in [5.41, 5.74) is 1.32. The van der Waals surface area contributed by atoms with E-state index in [4.69, 9.17) is 9.47 Å². The van der Waals surface area contributed by atoms with Crippen molar-refractivity contribution in [1.82, 2.24) is 5.32 Å². The lowest BCUT2D eigenvalue weighted by Gasteiger charge is -2.19. The topological polar surface area (TPSA) is 59.6 Å². The summed E-state index contributed by atoms with van der Waals surface area (Å²) in [6.07, 6.45) is -2.39. The molecular weight excluding hydrogens is 373 g/mol. The molecule has 0 radical (unpaired) electrons. The van der Waals surface area contributed by atoms with Crippen LogP contribution in [0.15, 0.2) is 48.5 Å². The van der Waals surface area contributed by atoms with E-state index < -0.39 is 18.8 Å². The predicted molar refractivity (Wildman–Crippen MR) is 98.6 cm³/mol. The molecule has 5 nitrogen and oxygen atoms in total. The van der Waals surface area contributed by atoms with Crippen molar-refractivity contribution in [1.29, 1.82) is 0 Å². The van der Waals surface area contributed by atoms with Gasteiger partial charge in [0.05, 0.1) is 13.2 Å². The van der Waals surface area contributed by atoms with Gasteiger partial charge in [-0.2, -0.15) is 13.2 Å². The molecule has 0 spiro atoms. The van der Waals surface area contributed by atoms with Crippen LogP contribution in [0.25, 0.3) is 0 Å². The maximum absolute atomic E-state index is 12.4. The van der Waals surface area contributed by atoms with E-state index in [1.807, 2.05) is 30.3 Å². The van der Waals surface area contributed by atoms with Crippen molar-refractivity contribution in [2.24, 2.45) is 5.92 Å². The van der Waals surface area contributed by atoms with Crippen molar-refractivity contribution in [3.05, 3.63) is 54.1 Å². The zero-order valence-corrected chi connectivity index (χ0v) is 15.3. The smallest absolute Gasteiger partial charge is 0.422 e. The lowest BCUT2D eigenvalue weighted by molar-refractivity contribution is -0.153.